The molecule has 1 aliphatic rings. The van der Waals surface area contributed by atoms with Crippen LogP contribution in [0.2, 0.25) is 0 Å². The number of aromatic hydroxyl groups is 1. The zero-order chi connectivity index (χ0) is 18.1. The van der Waals surface area contributed by atoms with Gasteiger partial charge in [-0.1, -0.05) is 0 Å². The van der Waals surface area contributed by atoms with Gasteiger partial charge in [0.1, 0.15) is 0 Å². The van der Waals surface area contributed by atoms with Crippen LogP contribution in [-0.4, -0.2) is 55.9 Å². The summed E-state index contributed by atoms with van der Waals surface area (Å²) in [6.07, 6.45) is 0.925. The molecule has 0 amide bonds. The SMILES string of the molecule is CCOC(=O)C(OC(C)(C)C)c1c(C)cc2c(c1O)CCC[N]2[Tl]. The van der Waals surface area contributed by atoms with Gasteiger partial charge in [0, 0.05) is 0 Å². The van der Waals surface area contributed by atoms with E-state index in [1.165, 1.54) is 0 Å². The average Bonchev–Trinajstić information content (AvgIpc) is 2.46. The number of esters is 1. The number of hydrogen-bond donors (Lipinski definition) is 1. The van der Waals surface area contributed by atoms with Gasteiger partial charge in [-0.2, -0.15) is 0 Å². The Bertz CT molecular complexity index is 624. The fourth-order valence-corrected chi connectivity index (χ4v) is 4.62. The topological polar surface area (TPSA) is 59.0 Å². The molecular weight excluding hydrogens is 499 g/mol. The Balaban J connectivity index is 2.55. The summed E-state index contributed by atoms with van der Waals surface area (Å²) in [5, 5.41) is 10.9. The number of aryl methyl sites for hydroxylation is 1. The molecule has 1 aliphatic heterocycles. The number of nitrogens with zero attached hydrogens (tertiary/aromatic N) is 1. The van der Waals surface area contributed by atoms with E-state index in [2.05, 4.69) is 8.78 Å². The Morgan fingerprint density at radius 3 is 2.71 bits per heavy atom. The molecule has 24 heavy (non-hydrogen) atoms. The third-order valence-corrected chi connectivity index (χ3v) is 6.08. The second-order valence-electron chi connectivity index (χ2n) is 7.11. The third-order valence-electron chi connectivity index (χ3n) is 4.00. The third kappa shape index (κ3) is 4.22. The molecule has 1 unspecified atom stereocenters. The second-order valence-corrected chi connectivity index (χ2v) is 9.54. The number of phenols is 1. The van der Waals surface area contributed by atoms with Crippen molar-refractivity contribution < 1.29 is 19.4 Å². The molecule has 0 saturated carbocycles. The molecule has 0 fully saturated rings. The van der Waals surface area contributed by atoms with Gasteiger partial charge in [0.25, 0.3) is 0 Å². The molecule has 1 N–H and O–H groups in total. The number of carbonyl (C=O) groups is 1. The summed E-state index contributed by atoms with van der Waals surface area (Å²) >= 11 is 0.686. The van der Waals surface area contributed by atoms with Crippen LogP contribution in [0.15, 0.2) is 6.07 Å². The maximum absolute atomic E-state index is 12.5. The Hall–Kier alpha value is -0.828. The number of fused-ring (bicyclic) bond motifs is 1. The molecule has 6 heteroatoms. The Kier molecular flexibility index (Phi) is 6.17. The van der Waals surface area contributed by atoms with Crippen molar-refractivity contribution in [1.82, 2.24) is 0 Å². The van der Waals surface area contributed by atoms with Crippen LogP contribution in [0.5, 0.6) is 5.75 Å². The molecule has 0 bridgehead atoms. The van der Waals surface area contributed by atoms with Gasteiger partial charge in [-0.05, 0) is 0 Å². The Morgan fingerprint density at radius 2 is 2.12 bits per heavy atom. The van der Waals surface area contributed by atoms with Crippen molar-refractivity contribution in [1.29, 1.82) is 0 Å². The van der Waals surface area contributed by atoms with Gasteiger partial charge in [-0.3, -0.25) is 0 Å². The molecule has 5 nitrogen and oxygen atoms in total. The molecule has 0 radical (unpaired) electrons. The van der Waals surface area contributed by atoms with E-state index in [-0.39, 0.29) is 12.4 Å². The van der Waals surface area contributed by atoms with Gasteiger partial charge in [0.2, 0.25) is 0 Å². The number of ether oxygens (including phenoxy) is 2. The van der Waals surface area contributed by atoms with E-state index >= 15 is 0 Å². The van der Waals surface area contributed by atoms with Crippen molar-refractivity contribution in [3.05, 3.63) is 22.8 Å². The first kappa shape index (κ1) is 19.5. The quantitative estimate of drug-likeness (QED) is 0.485. The molecule has 1 aromatic rings. The van der Waals surface area contributed by atoms with Crippen LogP contribution in [0.1, 0.15) is 56.9 Å². The van der Waals surface area contributed by atoms with E-state index in [9.17, 15) is 9.90 Å². The number of benzene rings is 1. The summed E-state index contributed by atoms with van der Waals surface area (Å²) in [6.45, 7) is 10.7. The van der Waals surface area contributed by atoms with Gasteiger partial charge in [-0.25, -0.2) is 0 Å². The van der Waals surface area contributed by atoms with Crippen molar-refractivity contribution in [2.75, 3.05) is 15.9 Å². The van der Waals surface area contributed by atoms with E-state index in [0.29, 0.717) is 31.6 Å². The Morgan fingerprint density at radius 1 is 1.46 bits per heavy atom. The van der Waals surface area contributed by atoms with Gasteiger partial charge >= 0.3 is 161 Å². The van der Waals surface area contributed by atoms with E-state index in [0.717, 1.165) is 36.2 Å². The predicted octanol–water partition coefficient (Wildman–Crippen LogP) is 2.96. The van der Waals surface area contributed by atoms with E-state index in [1.54, 1.807) is 6.92 Å². The minimum atomic E-state index is -0.915. The summed E-state index contributed by atoms with van der Waals surface area (Å²) in [7, 11) is 0. The molecule has 0 saturated heterocycles. The van der Waals surface area contributed by atoms with Crippen molar-refractivity contribution in [3.63, 3.8) is 0 Å². The maximum atomic E-state index is 12.5. The van der Waals surface area contributed by atoms with Gasteiger partial charge in [-0.15, -0.1) is 0 Å². The Labute approximate surface area is 160 Å². The zero-order valence-electron chi connectivity index (χ0n) is 15.2. The van der Waals surface area contributed by atoms with Crippen LogP contribution >= 0.6 is 0 Å². The predicted molar refractivity (Wildman–Crippen MR) is 94.5 cm³/mol. The molecule has 2 rings (SSSR count). The van der Waals surface area contributed by atoms with E-state index in [4.69, 9.17) is 9.47 Å². The van der Waals surface area contributed by atoms with Crippen molar-refractivity contribution >= 4 is 37.7 Å². The van der Waals surface area contributed by atoms with Crippen LogP contribution in [0.25, 0.3) is 0 Å². The molecular formula is C18H26NO4Tl. The number of rotatable bonds is 4. The fourth-order valence-electron chi connectivity index (χ4n) is 3.02. The van der Waals surface area contributed by atoms with Gasteiger partial charge < -0.3 is 0 Å². The average molecular weight is 525 g/mol. The summed E-state index contributed by atoms with van der Waals surface area (Å²) in [5.41, 5.74) is 2.90. The van der Waals surface area contributed by atoms with Crippen LogP contribution in [0.3, 0.4) is 0 Å². The van der Waals surface area contributed by atoms with Crippen LogP contribution in [-0.2, 0) is 20.7 Å². The summed E-state index contributed by atoms with van der Waals surface area (Å²) in [5.74, 6) is -0.260. The molecule has 0 aliphatic carbocycles. The first-order valence-corrected chi connectivity index (χ1v) is 10.4. The summed E-state index contributed by atoms with van der Waals surface area (Å²) in [6, 6.07) is 2.07. The van der Waals surface area contributed by atoms with Crippen molar-refractivity contribution in [3.8, 4) is 5.75 Å². The number of carbonyl (C=O) groups excluding carboxylic acids is 1. The zero-order valence-corrected chi connectivity index (χ0v) is 19.7. The first-order chi connectivity index (χ1) is 11.2. The number of hydrogen-bond acceptors (Lipinski definition) is 5. The number of phenolic OH excluding ortho intramolecular Hbond substituents is 1. The first-order valence-electron chi connectivity index (χ1n) is 8.37. The monoisotopic (exact) mass is 525 g/mol. The molecule has 1 heterocycles. The molecule has 1 atom stereocenters. The second kappa shape index (κ2) is 7.60. The summed E-state index contributed by atoms with van der Waals surface area (Å²) < 4.78 is 13.5. The van der Waals surface area contributed by atoms with Crippen molar-refractivity contribution in [2.45, 2.75) is 59.2 Å². The van der Waals surface area contributed by atoms with Gasteiger partial charge in [0.05, 0.1) is 0 Å². The van der Waals surface area contributed by atoms with E-state index in [1.807, 2.05) is 27.7 Å². The molecule has 1 aromatic carbocycles. The van der Waals surface area contributed by atoms with Crippen LogP contribution in [0, 0.1) is 6.92 Å². The standard InChI is InChI=1S/C18H26NO4.Tl/c1-6-22-17(21)16(23-18(3,4)5)14-11(2)10-13-12(15(14)20)8-7-9-19-13;/h10,16,20H,6-9H2,1-5H3;/q-1;+1. The minimum absolute atomic E-state index is 0.192. The van der Waals surface area contributed by atoms with Crippen LogP contribution in [0.4, 0.5) is 5.69 Å². The van der Waals surface area contributed by atoms with Crippen molar-refractivity contribution in [2.24, 2.45) is 0 Å². The van der Waals surface area contributed by atoms with Crippen LogP contribution < -0.4 is 2.71 Å². The molecule has 130 valence electrons. The van der Waals surface area contributed by atoms with Gasteiger partial charge in [0.15, 0.2) is 0 Å². The number of anilines is 1. The molecule has 0 aromatic heterocycles. The fraction of sp³-hybridized carbons (Fsp3) is 0.611. The summed E-state index contributed by atoms with van der Waals surface area (Å²) in [4.78, 5) is 12.5. The molecule has 0 spiro atoms. The van der Waals surface area contributed by atoms with E-state index < -0.39 is 17.7 Å². The normalized spacial score (nSPS) is 15.8.